The third-order valence-electron chi connectivity index (χ3n) is 1.90. The molecule has 0 aliphatic heterocycles. The van der Waals surface area contributed by atoms with Gasteiger partial charge in [-0.2, -0.15) is 0 Å². The lowest BCUT2D eigenvalue weighted by atomic mass is 10.2. The normalized spacial score (nSPS) is 12.3. The molecule has 5 heteroatoms. The van der Waals surface area contributed by atoms with Gasteiger partial charge in [0.2, 0.25) is 5.91 Å². The zero-order valence-electron chi connectivity index (χ0n) is 8.33. The van der Waals surface area contributed by atoms with Crippen LogP contribution in [0.1, 0.15) is 12.5 Å². The molecular weight excluding hydrogens is 307 g/mol. The molecule has 4 nitrogen and oxygen atoms in total. The molecule has 15 heavy (non-hydrogen) atoms. The molecular formula is C10H13IN2O2. The summed E-state index contributed by atoms with van der Waals surface area (Å²) in [6, 6.07) is 4.79. The van der Waals surface area contributed by atoms with Gasteiger partial charge >= 0.3 is 0 Å². The summed E-state index contributed by atoms with van der Waals surface area (Å²) in [6.45, 7) is 1.63. The Bertz CT molecular complexity index is 366. The first kappa shape index (κ1) is 12.4. The summed E-state index contributed by atoms with van der Waals surface area (Å²) in [6.07, 6.45) is 0. The Labute approximate surface area is 102 Å². The second-order valence-corrected chi connectivity index (χ2v) is 4.40. The number of carbonyl (C=O) groups excluding carboxylic acids is 1. The number of aliphatic hydroxyl groups excluding tert-OH is 1. The van der Waals surface area contributed by atoms with Crippen LogP contribution in [0, 0.1) is 3.57 Å². The summed E-state index contributed by atoms with van der Waals surface area (Å²) in [5.41, 5.74) is 6.96. The Hall–Kier alpha value is -0.660. The van der Waals surface area contributed by atoms with Gasteiger partial charge in [-0.15, -0.1) is 0 Å². The molecule has 1 aromatic rings. The highest BCUT2D eigenvalue weighted by Crippen LogP contribution is 2.18. The van der Waals surface area contributed by atoms with Crippen molar-refractivity contribution in [3.8, 4) is 0 Å². The molecule has 82 valence electrons. The van der Waals surface area contributed by atoms with Gasteiger partial charge in [0, 0.05) is 9.26 Å². The molecule has 0 fully saturated rings. The lowest BCUT2D eigenvalue weighted by molar-refractivity contribution is -0.117. The highest BCUT2D eigenvalue weighted by atomic mass is 127. The molecule has 0 heterocycles. The maximum atomic E-state index is 11.3. The lowest BCUT2D eigenvalue weighted by Gasteiger charge is -2.09. The second-order valence-electron chi connectivity index (χ2n) is 3.24. The van der Waals surface area contributed by atoms with Crippen molar-refractivity contribution in [2.75, 3.05) is 5.32 Å². The fraction of sp³-hybridized carbons (Fsp3) is 0.300. The summed E-state index contributed by atoms with van der Waals surface area (Å²) < 4.78 is 0.914. The molecule has 1 amide bonds. The molecule has 1 aromatic carbocycles. The van der Waals surface area contributed by atoms with Crippen molar-refractivity contribution in [2.24, 2.45) is 5.73 Å². The monoisotopic (exact) mass is 320 g/mol. The van der Waals surface area contributed by atoms with Crippen molar-refractivity contribution >= 4 is 34.2 Å². The van der Waals surface area contributed by atoms with Gasteiger partial charge in [0.25, 0.3) is 0 Å². The number of carbonyl (C=O) groups is 1. The van der Waals surface area contributed by atoms with E-state index in [1.165, 1.54) is 0 Å². The molecule has 0 aliphatic rings. The van der Waals surface area contributed by atoms with Crippen LogP contribution in [-0.2, 0) is 11.4 Å². The van der Waals surface area contributed by atoms with E-state index in [0.717, 1.165) is 9.13 Å². The van der Waals surface area contributed by atoms with Crippen molar-refractivity contribution in [3.63, 3.8) is 0 Å². The van der Waals surface area contributed by atoms with Gasteiger partial charge in [-0.05, 0) is 47.2 Å². The predicted molar refractivity (Wildman–Crippen MR) is 67.4 cm³/mol. The molecule has 0 aromatic heterocycles. The third-order valence-corrected chi connectivity index (χ3v) is 2.91. The highest BCUT2D eigenvalue weighted by Gasteiger charge is 2.08. The van der Waals surface area contributed by atoms with E-state index in [4.69, 9.17) is 10.8 Å². The van der Waals surface area contributed by atoms with E-state index in [1.807, 2.05) is 0 Å². The zero-order valence-corrected chi connectivity index (χ0v) is 10.5. The van der Waals surface area contributed by atoms with Crippen molar-refractivity contribution in [3.05, 3.63) is 27.3 Å². The summed E-state index contributed by atoms with van der Waals surface area (Å²) in [7, 11) is 0. The van der Waals surface area contributed by atoms with E-state index >= 15 is 0 Å². The van der Waals surface area contributed by atoms with E-state index in [1.54, 1.807) is 25.1 Å². The number of benzene rings is 1. The average molecular weight is 320 g/mol. The summed E-state index contributed by atoms with van der Waals surface area (Å²) in [5, 5.41) is 11.7. The van der Waals surface area contributed by atoms with Crippen LogP contribution in [0.2, 0.25) is 0 Å². The Kier molecular flexibility index (Phi) is 4.49. The van der Waals surface area contributed by atoms with Crippen molar-refractivity contribution < 1.29 is 9.90 Å². The van der Waals surface area contributed by atoms with Gasteiger partial charge in [-0.25, -0.2) is 0 Å². The van der Waals surface area contributed by atoms with Crippen molar-refractivity contribution in [1.29, 1.82) is 0 Å². The van der Waals surface area contributed by atoms with Crippen LogP contribution in [0.5, 0.6) is 0 Å². The second kappa shape index (κ2) is 5.43. The van der Waals surface area contributed by atoms with Crippen LogP contribution in [0.4, 0.5) is 5.69 Å². The molecule has 4 N–H and O–H groups in total. The maximum Gasteiger partial charge on any atom is 0.240 e. The van der Waals surface area contributed by atoms with Gasteiger partial charge in [0.05, 0.1) is 12.6 Å². The molecule has 0 unspecified atom stereocenters. The van der Waals surface area contributed by atoms with Gasteiger partial charge in [0.1, 0.15) is 0 Å². The van der Waals surface area contributed by atoms with Crippen LogP contribution < -0.4 is 11.1 Å². The topological polar surface area (TPSA) is 75.4 Å². The van der Waals surface area contributed by atoms with Gasteiger partial charge < -0.3 is 16.2 Å². The largest absolute Gasteiger partial charge is 0.392 e. The fourth-order valence-electron chi connectivity index (χ4n) is 1.01. The van der Waals surface area contributed by atoms with Crippen molar-refractivity contribution in [2.45, 2.75) is 19.6 Å². The number of rotatable bonds is 3. The number of anilines is 1. The number of amides is 1. The zero-order chi connectivity index (χ0) is 11.4. The summed E-state index contributed by atoms with van der Waals surface area (Å²) in [4.78, 5) is 11.3. The standard InChI is InChI=1S/C10H13IN2O2/c1-6(12)10(15)13-8-3-2-7(5-14)9(11)4-8/h2-4,6,14H,5,12H2,1H3,(H,13,15)/t6-/m0/s1. The molecule has 0 saturated carbocycles. The Morgan fingerprint density at radius 1 is 1.67 bits per heavy atom. The first-order chi connectivity index (χ1) is 7.04. The third kappa shape index (κ3) is 3.44. The van der Waals surface area contributed by atoms with Gasteiger partial charge in [-0.1, -0.05) is 6.07 Å². The Balaban J connectivity index is 2.80. The van der Waals surface area contributed by atoms with E-state index in [2.05, 4.69) is 27.9 Å². The lowest BCUT2D eigenvalue weighted by Crippen LogP contribution is -2.32. The van der Waals surface area contributed by atoms with Gasteiger partial charge in [-0.3, -0.25) is 4.79 Å². The first-order valence-electron chi connectivity index (χ1n) is 4.50. The Morgan fingerprint density at radius 2 is 2.33 bits per heavy atom. The summed E-state index contributed by atoms with van der Waals surface area (Å²) in [5.74, 6) is -0.220. The molecule has 0 aliphatic carbocycles. The molecule has 0 saturated heterocycles. The van der Waals surface area contributed by atoms with Crippen molar-refractivity contribution in [1.82, 2.24) is 0 Å². The van der Waals surface area contributed by atoms with E-state index in [9.17, 15) is 4.79 Å². The van der Waals surface area contributed by atoms with Crippen LogP contribution >= 0.6 is 22.6 Å². The molecule has 0 bridgehead atoms. The smallest absolute Gasteiger partial charge is 0.240 e. The quantitative estimate of drug-likeness (QED) is 0.729. The van der Waals surface area contributed by atoms with E-state index in [0.29, 0.717) is 5.69 Å². The number of halogens is 1. The number of hydrogen-bond acceptors (Lipinski definition) is 3. The van der Waals surface area contributed by atoms with Crippen LogP contribution in [0.25, 0.3) is 0 Å². The number of aliphatic hydroxyl groups is 1. The molecule has 0 spiro atoms. The molecule has 1 rings (SSSR count). The molecule has 0 radical (unpaired) electrons. The first-order valence-corrected chi connectivity index (χ1v) is 5.58. The van der Waals surface area contributed by atoms with Crippen LogP contribution in [0.15, 0.2) is 18.2 Å². The van der Waals surface area contributed by atoms with E-state index < -0.39 is 6.04 Å². The number of nitrogens with two attached hydrogens (primary N) is 1. The average Bonchev–Trinajstić information content (AvgIpc) is 2.18. The number of hydrogen-bond donors (Lipinski definition) is 3. The summed E-state index contributed by atoms with van der Waals surface area (Å²) >= 11 is 2.11. The number of nitrogens with one attached hydrogen (secondary N) is 1. The SMILES string of the molecule is C[C@H](N)C(=O)Nc1ccc(CO)c(I)c1. The molecule has 1 atom stereocenters. The maximum absolute atomic E-state index is 11.3. The van der Waals surface area contributed by atoms with E-state index in [-0.39, 0.29) is 12.5 Å². The minimum absolute atomic E-state index is 0.000207. The predicted octanol–water partition coefficient (Wildman–Crippen LogP) is 1.07. The Morgan fingerprint density at radius 3 is 2.80 bits per heavy atom. The minimum Gasteiger partial charge on any atom is -0.392 e. The highest BCUT2D eigenvalue weighted by molar-refractivity contribution is 14.1. The fourth-order valence-corrected chi connectivity index (χ4v) is 1.70. The minimum atomic E-state index is -0.528. The van der Waals surface area contributed by atoms with Crippen LogP contribution in [-0.4, -0.2) is 17.1 Å². The van der Waals surface area contributed by atoms with Gasteiger partial charge in [0.15, 0.2) is 0 Å². The van der Waals surface area contributed by atoms with Crippen LogP contribution in [0.3, 0.4) is 0 Å².